The van der Waals surface area contributed by atoms with Crippen LogP contribution in [0.2, 0.25) is 0 Å². The summed E-state index contributed by atoms with van der Waals surface area (Å²) in [5, 5.41) is 12.4. The third-order valence-electron chi connectivity index (χ3n) is 2.52. The Kier molecular flexibility index (Phi) is 2.91. The predicted molar refractivity (Wildman–Crippen MR) is 61.0 cm³/mol. The smallest absolute Gasteiger partial charge is 0.102 e. The van der Waals surface area contributed by atoms with Crippen LogP contribution >= 0.6 is 27.3 Å². The fraction of sp³-hybridized carbons (Fsp3) is 0.600. The molecule has 1 atom stereocenters. The van der Waals surface area contributed by atoms with Gasteiger partial charge in [0.1, 0.15) is 5.60 Å². The molecule has 0 radical (unpaired) electrons. The van der Waals surface area contributed by atoms with E-state index in [0.29, 0.717) is 0 Å². The molecule has 1 aromatic heterocycles. The van der Waals surface area contributed by atoms with Crippen molar-refractivity contribution in [2.75, 3.05) is 0 Å². The van der Waals surface area contributed by atoms with Gasteiger partial charge in [0, 0.05) is 4.47 Å². The van der Waals surface area contributed by atoms with Crippen molar-refractivity contribution in [3.63, 3.8) is 0 Å². The summed E-state index contributed by atoms with van der Waals surface area (Å²) in [5.41, 5.74) is -0.930. The summed E-state index contributed by atoms with van der Waals surface area (Å²) >= 11 is 5.03. The molecular formula is C10H15BrOS. The van der Waals surface area contributed by atoms with E-state index in [9.17, 15) is 5.11 Å². The second-order valence-corrected chi connectivity index (χ2v) is 6.19. The first kappa shape index (κ1) is 11.2. The van der Waals surface area contributed by atoms with Gasteiger partial charge in [-0.05, 0) is 39.7 Å². The lowest BCUT2D eigenvalue weighted by Gasteiger charge is -2.36. The number of thiophene rings is 1. The normalized spacial score (nSPS) is 17.1. The first-order valence-electron chi connectivity index (χ1n) is 4.22. The molecule has 0 aliphatic rings. The zero-order valence-electron chi connectivity index (χ0n) is 8.39. The summed E-state index contributed by atoms with van der Waals surface area (Å²) in [4.78, 5) is 1.00. The molecule has 0 aliphatic heterocycles. The van der Waals surface area contributed by atoms with Crippen LogP contribution < -0.4 is 0 Å². The second-order valence-electron chi connectivity index (χ2n) is 4.42. The number of halogens is 1. The molecule has 0 aromatic carbocycles. The lowest BCUT2D eigenvalue weighted by atomic mass is 9.77. The van der Waals surface area contributed by atoms with Crippen molar-refractivity contribution >= 4 is 27.3 Å². The lowest BCUT2D eigenvalue weighted by Crippen LogP contribution is -2.36. The molecule has 0 saturated carbocycles. The van der Waals surface area contributed by atoms with Gasteiger partial charge in [-0.25, -0.2) is 0 Å². The minimum atomic E-state index is -0.778. The number of hydrogen-bond acceptors (Lipinski definition) is 2. The number of hydrogen-bond donors (Lipinski definition) is 1. The van der Waals surface area contributed by atoms with Crippen LogP contribution in [0.15, 0.2) is 15.9 Å². The van der Waals surface area contributed by atoms with Crippen LogP contribution in [0.3, 0.4) is 0 Å². The molecule has 1 nitrogen and oxygen atoms in total. The first-order valence-corrected chi connectivity index (χ1v) is 5.90. The van der Waals surface area contributed by atoms with Crippen LogP contribution in [0.5, 0.6) is 0 Å². The van der Waals surface area contributed by atoms with Crippen LogP contribution in [-0.2, 0) is 5.60 Å². The molecule has 1 heterocycles. The predicted octanol–water partition coefficient (Wildman–Crippen LogP) is 3.76. The monoisotopic (exact) mass is 262 g/mol. The summed E-state index contributed by atoms with van der Waals surface area (Å²) in [6, 6.07) is 1.97. The van der Waals surface area contributed by atoms with Crippen molar-refractivity contribution in [2.45, 2.75) is 33.3 Å². The Labute approximate surface area is 91.9 Å². The molecule has 0 fully saturated rings. The molecule has 1 unspecified atom stereocenters. The van der Waals surface area contributed by atoms with E-state index in [0.717, 1.165) is 9.35 Å². The van der Waals surface area contributed by atoms with Crippen LogP contribution in [0.4, 0.5) is 0 Å². The van der Waals surface area contributed by atoms with Gasteiger partial charge in [-0.2, -0.15) is 0 Å². The molecule has 1 rings (SSSR count). The van der Waals surface area contributed by atoms with Gasteiger partial charge in [0.25, 0.3) is 0 Å². The van der Waals surface area contributed by atoms with Gasteiger partial charge in [-0.3, -0.25) is 0 Å². The lowest BCUT2D eigenvalue weighted by molar-refractivity contribution is -0.0443. The van der Waals surface area contributed by atoms with Gasteiger partial charge < -0.3 is 5.11 Å². The average molecular weight is 263 g/mol. The summed E-state index contributed by atoms with van der Waals surface area (Å²) in [7, 11) is 0. The largest absolute Gasteiger partial charge is 0.384 e. The van der Waals surface area contributed by atoms with Crippen molar-refractivity contribution in [3.05, 3.63) is 20.8 Å². The maximum absolute atomic E-state index is 10.4. The van der Waals surface area contributed by atoms with Crippen molar-refractivity contribution < 1.29 is 5.11 Å². The third-order valence-corrected chi connectivity index (χ3v) is 4.57. The molecule has 0 aliphatic carbocycles. The Balaban J connectivity index is 3.15. The molecule has 0 amide bonds. The molecule has 0 spiro atoms. The van der Waals surface area contributed by atoms with E-state index < -0.39 is 5.60 Å². The highest BCUT2D eigenvalue weighted by molar-refractivity contribution is 9.10. The van der Waals surface area contributed by atoms with Gasteiger partial charge >= 0.3 is 0 Å². The van der Waals surface area contributed by atoms with Gasteiger partial charge in [-0.1, -0.05) is 20.8 Å². The first-order chi connectivity index (χ1) is 5.77. The van der Waals surface area contributed by atoms with Crippen LogP contribution in [0, 0.1) is 5.41 Å². The van der Waals surface area contributed by atoms with E-state index >= 15 is 0 Å². The minimum absolute atomic E-state index is 0.152. The Morgan fingerprint density at radius 3 is 2.15 bits per heavy atom. The molecule has 0 bridgehead atoms. The van der Waals surface area contributed by atoms with E-state index in [2.05, 4.69) is 15.9 Å². The molecule has 74 valence electrons. The second kappa shape index (κ2) is 3.37. The standard InChI is InChI=1S/C10H15BrOS/c1-9(2,3)10(4,12)8-7(11)5-6-13-8/h5-6,12H,1-4H3. The van der Waals surface area contributed by atoms with E-state index in [1.165, 1.54) is 0 Å². The topological polar surface area (TPSA) is 20.2 Å². The van der Waals surface area contributed by atoms with E-state index in [4.69, 9.17) is 0 Å². The number of aliphatic hydroxyl groups is 1. The molecular weight excluding hydrogens is 248 g/mol. The maximum atomic E-state index is 10.4. The minimum Gasteiger partial charge on any atom is -0.384 e. The van der Waals surface area contributed by atoms with Gasteiger partial charge in [0.2, 0.25) is 0 Å². The summed E-state index contributed by atoms with van der Waals surface area (Å²) < 4.78 is 0.998. The molecule has 1 aromatic rings. The average Bonchev–Trinajstić information content (AvgIpc) is 2.32. The van der Waals surface area contributed by atoms with Gasteiger partial charge in [0.15, 0.2) is 0 Å². The third kappa shape index (κ3) is 1.97. The Morgan fingerprint density at radius 1 is 1.31 bits per heavy atom. The van der Waals surface area contributed by atoms with Crippen molar-refractivity contribution in [2.24, 2.45) is 5.41 Å². The molecule has 3 heteroatoms. The highest BCUT2D eigenvalue weighted by atomic mass is 79.9. The van der Waals surface area contributed by atoms with Crippen molar-refractivity contribution in [1.82, 2.24) is 0 Å². The number of rotatable bonds is 1. The summed E-state index contributed by atoms with van der Waals surface area (Å²) in [6.07, 6.45) is 0. The Hall–Kier alpha value is 0.140. The molecule has 0 saturated heterocycles. The van der Waals surface area contributed by atoms with Crippen LogP contribution in [0.1, 0.15) is 32.6 Å². The van der Waals surface area contributed by atoms with E-state index in [-0.39, 0.29) is 5.41 Å². The highest BCUT2D eigenvalue weighted by Gasteiger charge is 2.39. The summed E-state index contributed by atoms with van der Waals surface area (Å²) in [6.45, 7) is 7.99. The summed E-state index contributed by atoms with van der Waals surface area (Å²) in [5.74, 6) is 0. The van der Waals surface area contributed by atoms with Gasteiger partial charge in [-0.15, -0.1) is 11.3 Å². The quantitative estimate of drug-likeness (QED) is 0.817. The highest BCUT2D eigenvalue weighted by Crippen LogP contribution is 2.44. The zero-order valence-corrected chi connectivity index (χ0v) is 10.8. The molecule has 13 heavy (non-hydrogen) atoms. The van der Waals surface area contributed by atoms with Crippen molar-refractivity contribution in [1.29, 1.82) is 0 Å². The fourth-order valence-corrected chi connectivity index (χ4v) is 3.01. The fourth-order valence-electron chi connectivity index (χ4n) is 0.982. The zero-order chi connectivity index (χ0) is 10.3. The van der Waals surface area contributed by atoms with E-state index in [1.807, 2.05) is 39.1 Å². The van der Waals surface area contributed by atoms with Crippen molar-refractivity contribution in [3.8, 4) is 0 Å². The van der Waals surface area contributed by atoms with Gasteiger partial charge in [0.05, 0.1) is 4.88 Å². The van der Waals surface area contributed by atoms with Crippen LogP contribution in [0.25, 0.3) is 0 Å². The van der Waals surface area contributed by atoms with E-state index in [1.54, 1.807) is 11.3 Å². The Bertz CT molecular complexity index is 296. The SMILES string of the molecule is CC(C)(C)C(C)(O)c1sccc1Br. The van der Waals surface area contributed by atoms with Crippen LogP contribution in [-0.4, -0.2) is 5.11 Å². The molecule has 1 N–H and O–H groups in total. The Morgan fingerprint density at radius 2 is 1.85 bits per heavy atom. The maximum Gasteiger partial charge on any atom is 0.102 e.